The molecule has 0 saturated carbocycles. The average molecular weight is 270 g/mol. The Morgan fingerprint density at radius 3 is 3.18 bits per heavy atom. The smallest absolute Gasteiger partial charge is 0.265 e. The van der Waals surface area contributed by atoms with Gasteiger partial charge < -0.3 is 10.2 Å². The predicted octanol–water partition coefficient (Wildman–Crippen LogP) is 2.29. The Bertz CT molecular complexity index is 392. The highest BCUT2D eigenvalue weighted by Gasteiger charge is 2.25. The monoisotopic (exact) mass is 270 g/mol. The highest BCUT2D eigenvalue weighted by molar-refractivity contribution is 7.98. The van der Waals surface area contributed by atoms with Crippen LogP contribution in [0.2, 0.25) is 0 Å². The summed E-state index contributed by atoms with van der Waals surface area (Å²) in [5, 5.41) is 5.27. The summed E-state index contributed by atoms with van der Waals surface area (Å²) in [7, 11) is 1.97. The van der Waals surface area contributed by atoms with Gasteiger partial charge >= 0.3 is 0 Å². The highest BCUT2D eigenvalue weighted by atomic mass is 32.2. The average Bonchev–Trinajstić information content (AvgIpc) is 2.86. The number of likely N-dealkylation sites (tertiary alicyclic amines) is 1. The largest absolute Gasteiger partial charge is 0.336 e. The van der Waals surface area contributed by atoms with Crippen LogP contribution in [-0.4, -0.2) is 43.2 Å². The molecule has 2 heterocycles. The van der Waals surface area contributed by atoms with Gasteiger partial charge in [-0.2, -0.15) is 0 Å². The van der Waals surface area contributed by atoms with E-state index in [4.69, 9.17) is 0 Å². The first kappa shape index (κ1) is 12.9. The van der Waals surface area contributed by atoms with Crippen molar-refractivity contribution in [1.82, 2.24) is 10.2 Å². The van der Waals surface area contributed by atoms with E-state index < -0.39 is 0 Å². The van der Waals surface area contributed by atoms with Crippen LogP contribution in [0, 0.1) is 0 Å². The molecule has 1 aromatic heterocycles. The molecule has 2 rings (SSSR count). The van der Waals surface area contributed by atoms with Gasteiger partial charge in [0.15, 0.2) is 0 Å². The van der Waals surface area contributed by atoms with Gasteiger partial charge in [-0.3, -0.25) is 4.79 Å². The minimum absolute atomic E-state index is 0.198. The van der Waals surface area contributed by atoms with Crippen molar-refractivity contribution in [3.8, 4) is 0 Å². The fourth-order valence-corrected chi connectivity index (χ4v) is 3.87. The van der Waals surface area contributed by atoms with E-state index >= 15 is 0 Å². The van der Waals surface area contributed by atoms with Gasteiger partial charge in [0.2, 0.25) is 0 Å². The Kier molecular flexibility index (Phi) is 4.48. The lowest BCUT2D eigenvalue weighted by atomic mass is 10.1. The van der Waals surface area contributed by atoms with Crippen LogP contribution >= 0.6 is 23.1 Å². The van der Waals surface area contributed by atoms with E-state index in [9.17, 15) is 4.79 Å². The SMILES string of the molecule is CNC1CCCN(C(=O)c2sccc2SC)C1. The van der Waals surface area contributed by atoms with Crippen LogP contribution in [0.25, 0.3) is 0 Å². The van der Waals surface area contributed by atoms with Gasteiger partial charge in [-0.25, -0.2) is 0 Å². The summed E-state index contributed by atoms with van der Waals surface area (Å²) in [5.41, 5.74) is 0. The Morgan fingerprint density at radius 2 is 2.47 bits per heavy atom. The molecule has 1 aliphatic heterocycles. The molecule has 1 aromatic rings. The fraction of sp³-hybridized carbons (Fsp3) is 0.583. The Labute approximate surface area is 111 Å². The molecule has 5 heteroatoms. The topological polar surface area (TPSA) is 32.3 Å². The molecule has 0 radical (unpaired) electrons. The molecular formula is C12H18N2OS2. The quantitative estimate of drug-likeness (QED) is 0.855. The van der Waals surface area contributed by atoms with Gasteiger partial charge in [-0.15, -0.1) is 23.1 Å². The molecule has 1 saturated heterocycles. The van der Waals surface area contributed by atoms with Crippen LogP contribution in [0.1, 0.15) is 22.5 Å². The molecule has 0 aromatic carbocycles. The third kappa shape index (κ3) is 2.84. The zero-order valence-corrected chi connectivity index (χ0v) is 11.9. The predicted molar refractivity (Wildman–Crippen MR) is 74.1 cm³/mol. The van der Waals surface area contributed by atoms with E-state index in [1.165, 1.54) is 6.42 Å². The van der Waals surface area contributed by atoms with Crippen molar-refractivity contribution in [1.29, 1.82) is 0 Å². The number of nitrogens with zero attached hydrogens (tertiary/aromatic N) is 1. The Morgan fingerprint density at radius 1 is 1.65 bits per heavy atom. The number of thioether (sulfide) groups is 1. The lowest BCUT2D eigenvalue weighted by Gasteiger charge is -2.32. The van der Waals surface area contributed by atoms with E-state index in [1.54, 1.807) is 23.1 Å². The number of hydrogen-bond donors (Lipinski definition) is 1. The second-order valence-corrected chi connectivity index (χ2v) is 5.96. The first-order valence-electron chi connectivity index (χ1n) is 5.84. The summed E-state index contributed by atoms with van der Waals surface area (Å²) >= 11 is 3.20. The maximum Gasteiger partial charge on any atom is 0.265 e. The number of carbonyl (C=O) groups excluding carboxylic acids is 1. The zero-order chi connectivity index (χ0) is 12.3. The second kappa shape index (κ2) is 5.89. The third-order valence-corrected chi connectivity index (χ3v) is 4.97. The van der Waals surface area contributed by atoms with Crippen molar-refractivity contribution >= 4 is 29.0 Å². The number of amides is 1. The van der Waals surface area contributed by atoms with E-state index in [1.807, 2.05) is 29.6 Å². The van der Waals surface area contributed by atoms with E-state index in [2.05, 4.69) is 5.32 Å². The number of carbonyl (C=O) groups is 1. The van der Waals surface area contributed by atoms with Crippen LogP contribution in [0.5, 0.6) is 0 Å². The van der Waals surface area contributed by atoms with Crippen LogP contribution in [0.3, 0.4) is 0 Å². The third-order valence-electron chi connectivity index (χ3n) is 3.16. The van der Waals surface area contributed by atoms with Gasteiger partial charge in [0.05, 0.1) is 0 Å². The summed E-state index contributed by atoms with van der Waals surface area (Å²) in [4.78, 5) is 16.4. The van der Waals surface area contributed by atoms with Crippen molar-refractivity contribution in [2.75, 3.05) is 26.4 Å². The summed E-state index contributed by atoms with van der Waals surface area (Å²) < 4.78 is 0. The van der Waals surface area contributed by atoms with Crippen LogP contribution in [0.4, 0.5) is 0 Å². The minimum Gasteiger partial charge on any atom is -0.336 e. The second-order valence-electron chi connectivity index (χ2n) is 4.20. The molecule has 1 N–H and O–H groups in total. The minimum atomic E-state index is 0.198. The number of thiophene rings is 1. The van der Waals surface area contributed by atoms with Crippen molar-refractivity contribution in [2.24, 2.45) is 0 Å². The van der Waals surface area contributed by atoms with Crippen molar-refractivity contribution in [3.05, 3.63) is 16.3 Å². The highest BCUT2D eigenvalue weighted by Crippen LogP contribution is 2.27. The Balaban J connectivity index is 2.09. The van der Waals surface area contributed by atoms with Gasteiger partial charge in [-0.1, -0.05) is 0 Å². The molecule has 0 aliphatic carbocycles. The summed E-state index contributed by atoms with van der Waals surface area (Å²) in [6.45, 7) is 1.73. The summed E-state index contributed by atoms with van der Waals surface area (Å²) in [6.07, 6.45) is 4.28. The van der Waals surface area contributed by atoms with Crippen LogP contribution < -0.4 is 5.32 Å². The molecular weight excluding hydrogens is 252 g/mol. The first-order valence-corrected chi connectivity index (χ1v) is 7.94. The van der Waals surface area contributed by atoms with Crippen molar-refractivity contribution < 1.29 is 4.79 Å². The fourth-order valence-electron chi connectivity index (χ4n) is 2.16. The molecule has 17 heavy (non-hydrogen) atoms. The number of piperidine rings is 1. The van der Waals surface area contributed by atoms with Gasteiger partial charge in [-0.05, 0) is 37.6 Å². The van der Waals surface area contributed by atoms with Gasteiger partial charge in [0.25, 0.3) is 5.91 Å². The van der Waals surface area contributed by atoms with E-state index in [0.29, 0.717) is 6.04 Å². The molecule has 0 bridgehead atoms. The lowest BCUT2D eigenvalue weighted by molar-refractivity contribution is 0.0700. The maximum absolute atomic E-state index is 12.4. The Hall–Kier alpha value is -0.520. The van der Waals surface area contributed by atoms with Crippen molar-refractivity contribution in [2.45, 2.75) is 23.8 Å². The maximum atomic E-state index is 12.4. The zero-order valence-electron chi connectivity index (χ0n) is 10.2. The summed E-state index contributed by atoms with van der Waals surface area (Å²) in [6, 6.07) is 2.48. The first-order chi connectivity index (χ1) is 8.26. The van der Waals surface area contributed by atoms with Crippen LogP contribution in [0.15, 0.2) is 16.3 Å². The number of hydrogen-bond acceptors (Lipinski definition) is 4. The van der Waals surface area contributed by atoms with Gasteiger partial charge in [0, 0.05) is 24.0 Å². The van der Waals surface area contributed by atoms with E-state index in [-0.39, 0.29) is 5.91 Å². The molecule has 1 aliphatic rings. The number of nitrogens with one attached hydrogen (secondary N) is 1. The molecule has 1 unspecified atom stereocenters. The summed E-state index contributed by atoms with van der Waals surface area (Å²) in [5.74, 6) is 0.198. The number of likely N-dealkylation sites (N-methyl/N-ethyl adjacent to an activating group) is 1. The lowest BCUT2D eigenvalue weighted by Crippen LogP contribution is -2.46. The molecule has 1 fully saturated rings. The molecule has 3 nitrogen and oxygen atoms in total. The van der Waals surface area contributed by atoms with E-state index in [0.717, 1.165) is 29.3 Å². The molecule has 1 atom stereocenters. The van der Waals surface area contributed by atoms with Crippen molar-refractivity contribution in [3.63, 3.8) is 0 Å². The molecule has 0 spiro atoms. The number of rotatable bonds is 3. The standard InChI is InChI=1S/C12H18N2OS2/c1-13-9-4-3-6-14(8-9)12(15)11-10(16-2)5-7-17-11/h5,7,9,13H,3-4,6,8H2,1-2H3. The molecule has 1 amide bonds. The normalized spacial score (nSPS) is 20.6. The van der Waals surface area contributed by atoms with Gasteiger partial charge in [0.1, 0.15) is 4.88 Å². The molecule has 94 valence electrons. The van der Waals surface area contributed by atoms with Crippen LogP contribution in [-0.2, 0) is 0 Å².